The van der Waals surface area contributed by atoms with Crippen molar-refractivity contribution in [3.8, 4) is 5.75 Å². The van der Waals surface area contributed by atoms with Crippen molar-refractivity contribution in [3.63, 3.8) is 0 Å². The van der Waals surface area contributed by atoms with Gasteiger partial charge in [0.05, 0.1) is 12.1 Å². The van der Waals surface area contributed by atoms with Gasteiger partial charge in [0.15, 0.2) is 6.61 Å². The number of carbonyl (C=O) groups excluding carboxylic acids is 1. The SMILES string of the molecule is CN1C(=O)COc2ccccc2CCCCO[C@@H]2CN(Cc3cccnc3)C[C@H]21. The van der Waals surface area contributed by atoms with Crippen LogP contribution in [0.1, 0.15) is 24.0 Å². The summed E-state index contributed by atoms with van der Waals surface area (Å²) in [6.45, 7) is 3.19. The van der Waals surface area contributed by atoms with Crippen LogP contribution in [0.4, 0.5) is 0 Å². The van der Waals surface area contributed by atoms with Gasteiger partial charge in [0, 0.05) is 45.7 Å². The second-order valence-corrected chi connectivity index (χ2v) is 7.89. The average Bonchev–Trinajstić information content (AvgIpc) is 3.14. The van der Waals surface area contributed by atoms with Crippen molar-refractivity contribution in [2.45, 2.75) is 38.0 Å². The van der Waals surface area contributed by atoms with E-state index in [4.69, 9.17) is 9.47 Å². The molecule has 2 atom stereocenters. The molecule has 29 heavy (non-hydrogen) atoms. The van der Waals surface area contributed by atoms with E-state index in [0.29, 0.717) is 6.61 Å². The number of nitrogens with zero attached hydrogens (tertiary/aromatic N) is 3. The predicted molar refractivity (Wildman–Crippen MR) is 111 cm³/mol. The van der Waals surface area contributed by atoms with E-state index < -0.39 is 0 Å². The fourth-order valence-corrected chi connectivity index (χ4v) is 4.18. The number of likely N-dealkylation sites (tertiary alicyclic amines) is 1. The van der Waals surface area contributed by atoms with E-state index in [1.54, 1.807) is 6.20 Å². The van der Waals surface area contributed by atoms with Crippen molar-refractivity contribution in [1.82, 2.24) is 14.8 Å². The van der Waals surface area contributed by atoms with Gasteiger partial charge in [-0.2, -0.15) is 0 Å². The summed E-state index contributed by atoms with van der Waals surface area (Å²) in [7, 11) is 1.87. The zero-order valence-corrected chi connectivity index (χ0v) is 17.0. The van der Waals surface area contributed by atoms with Gasteiger partial charge >= 0.3 is 0 Å². The van der Waals surface area contributed by atoms with Gasteiger partial charge in [-0.25, -0.2) is 0 Å². The minimum absolute atomic E-state index is 0.0131. The minimum Gasteiger partial charge on any atom is -0.483 e. The van der Waals surface area contributed by atoms with E-state index in [2.05, 4.69) is 22.0 Å². The Morgan fingerprint density at radius 3 is 2.90 bits per heavy atom. The number of aromatic nitrogens is 1. The topological polar surface area (TPSA) is 54.9 Å². The molecule has 2 aliphatic rings. The van der Waals surface area contributed by atoms with Crippen LogP contribution >= 0.6 is 0 Å². The molecule has 1 fully saturated rings. The summed E-state index contributed by atoms with van der Waals surface area (Å²) in [4.78, 5) is 21.2. The molecule has 1 aromatic carbocycles. The van der Waals surface area contributed by atoms with Crippen LogP contribution in [-0.4, -0.2) is 66.2 Å². The summed E-state index contributed by atoms with van der Waals surface area (Å²) < 4.78 is 12.2. The summed E-state index contributed by atoms with van der Waals surface area (Å²) in [5, 5.41) is 0. The third kappa shape index (κ3) is 4.95. The average molecular weight is 396 g/mol. The van der Waals surface area contributed by atoms with Crippen molar-refractivity contribution in [2.75, 3.05) is 33.4 Å². The number of pyridine rings is 1. The lowest BCUT2D eigenvalue weighted by molar-refractivity contribution is -0.136. The van der Waals surface area contributed by atoms with Crippen molar-refractivity contribution >= 4 is 5.91 Å². The first-order valence-corrected chi connectivity index (χ1v) is 10.4. The molecule has 0 radical (unpaired) electrons. The molecular weight excluding hydrogens is 366 g/mol. The number of hydrogen-bond donors (Lipinski definition) is 0. The highest BCUT2D eigenvalue weighted by atomic mass is 16.5. The van der Waals surface area contributed by atoms with E-state index in [9.17, 15) is 4.79 Å². The number of benzene rings is 1. The highest BCUT2D eigenvalue weighted by Gasteiger charge is 2.38. The van der Waals surface area contributed by atoms with Gasteiger partial charge in [-0.3, -0.25) is 14.7 Å². The summed E-state index contributed by atoms with van der Waals surface area (Å²) in [6, 6.07) is 12.1. The number of ether oxygens (including phenoxy) is 2. The van der Waals surface area contributed by atoms with Crippen LogP contribution in [0.3, 0.4) is 0 Å². The molecule has 0 bridgehead atoms. The van der Waals surface area contributed by atoms with E-state index >= 15 is 0 Å². The first kappa shape index (κ1) is 19.9. The third-order valence-corrected chi connectivity index (χ3v) is 5.83. The number of para-hydroxylation sites is 1. The van der Waals surface area contributed by atoms with Crippen molar-refractivity contribution < 1.29 is 14.3 Å². The lowest BCUT2D eigenvalue weighted by Crippen LogP contribution is -2.47. The van der Waals surface area contributed by atoms with E-state index in [1.807, 2.05) is 42.4 Å². The van der Waals surface area contributed by atoms with Gasteiger partial charge in [-0.1, -0.05) is 24.3 Å². The number of fused-ring (bicyclic) bond motifs is 2. The van der Waals surface area contributed by atoms with Crippen molar-refractivity contribution in [3.05, 3.63) is 59.9 Å². The lowest BCUT2D eigenvalue weighted by atomic mass is 10.1. The molecule has 0 spiro atoms. The van der Waals surface area contributed by atoms with E-state index in [0.717, 1.165) is 50.2 Å². The van der Waals surface area contributed by atoms with Gasteiger partial charge in [-0.15, -0.1) is 0 Å². The summed E-state index contributed by atoms with van der Waals surface area (Å²) in [6.07, 6.45) is 6.68. The smallest absolute Gasteiger partial charge is 0.260 e. The molecule has 0 N–H and O–H groups in total. The fraction of sp³-hybridized carbons (Fsp3) is 0.478. The Labute approximate surface area is 172 Å². The second kappa shape index (κ2) is 9.37. The monoisotopic (exact) mass is 395 g/mol. The van der Waals surface area contributed by atoms with Gasteiger partial charge < -0.3 is 14.4 Å². The number of hydrogen-bond acceptors (Lipinski definition) is 5. The maximum atomic E-state index is 12.9. The van der Waals surface area contributed by atoms with Crippen LogP contribution in [-0.2, 0) is 22.5 Å². The molecule has 0 saturated carbocycles. The maximum absolute atomic E-state index is 12.9. The zero-order chi connectivity index (χ0) is 20.1. The van der Waals surface area contributed by atoms with Gasteiger partial charge in [0.1, 0.15) is 5.75 Å². The van der Waals surface area contributed by atoms with Crippen LogP contribution in [0.2, 0.25) is 0 Å². The number of amides is 1. The first-order valence-electron chi connectivity index (χ1n) is 10.4. The minimum atomic E-state index is -0.0131. The fourth-order valence-electron chi connectivity index (χ4n) is 4.18. The molecule has 2 aliphatic heterocycles. The second-order valence-electron chi connectivity index (χ2n) is 7.89. The summed E-state index contributed by atoms with van der Waals surface area (Å²) in [5.74, 6) is 0.802. The molecule has 1 saturated heterocycles. The molecule has 3 heterocycles. The molecule has 2 aromatic rings. The van der Waals surface area contributed by atoms with Crippen molar-refractivity contribution in [1.29, 1.82) is 0 Å². The Kier molecular flexibility index (Phi) is 6.42. The molecule has 6 nitrogen and oxygen atoms in total. The Hall–Kier alpha value is -2.44. The van der Waals surface area contributed by atoms with E-state index in [1.165, 1.54) is 5.56 Å². The Morgan fingerprint density at radius 1 is 1.14 bits per heavy atom. The van der Waals surface area contributed by atoms with Crippen LogP contribution in [0.25, 0.3) is 0 Å². The Morgan fingerprint density at radius 2 is 2.03 bits per heavy atom. The molecule has 1 aromatic heterocycles. The quantitative estimate of drug-likeness (QED) is 0.782. The van der Waals surface area contributed by atoms with Gasteiger partial charge in [-0.05, 0) is 42.5 Å². The van der Waals surface area contributed by atoms with Crippen LogP contribution in [0.5, 0.6) is 5.75 Å². The van der Waals surface area contributed by atoms with E-state index in [-0.39, 0.29) is 24.7 Å². The molecular formula is C23H29N3O3. The van der Waals surface area contributed by atoms with Crippen LogP contribution < -0.4 is 4.74 Å². The van der Waals surface area contributed by atoms with Crippen LogP contribution in [0, 0.1) is 0 Å². The van der Waals surface area contributed by atoms with Crippen LogP contribution in [0.15, 0.2) is 48.8 Å². The molecule has 0 unspecified atom stereocenters. The summed E-state index contributed by atoms with van der Waals surface area (Å²) >= 11 is 0. The van der Waals surface area contributed by atoms with Gasteiger partial charge in [0.25, 0.3) is 5.91 Å². The molecule has 1 amide bonds. The number of aryl methyl sites for hydroxylation is 1. The number of rotatable bonds is 2. The molecule has 154 valence electrons. The highest BCUT2D eigenvalue weighted by Crippen LogP contribution is 2.24. The highest BCUT2D eigenvalue weighted by molar-refractivity contribution is 5.78. The predicted octanol–water partition coefficient (Wildman–Crippen LogP) is 2.52. The standard InChI is InChI=1S/C23H29N3O3/c1-25-20-15-26(14-18-7-6-11-24-13-18)16-22(20)28-12-5-4-9-19-8-2-3-10-21(19)29-17-23(25)27/h2-3,6-8,10-11,13,20,22H,4-5,9,12,14-17H2,1H3/t20-,22-/m1/s1. The summed E-state index contributed by atoms with van der Waals surface area (Å²) in [5.41, 5.74) is 2.33. The maximum Gasteiger partial charge on any atom is 0.260 e. The van der Waals surface area contributed by atoms with Crippen molar-refractivity contribution in [2.24, 2.45) is 0 Å². The molecule has 4 rings (SSSR count). The number of likely N-dealkylation sites (N-methyl/N-ethyl adjacent to an activating group) is 1. The molecule has 6 heteroatoms. The van der Waals surface area contributed by atoms with Gasteiger partial charge in [0.2, 0.25) is 0 Å². The Bertz CT molecular complexity index is 814. The first-order chi connectivity index (χ1) is 14.2. The largest absolute Gasteiger partial charge is 0.483 e. The lowest BCUT2D eigenvalue weighted by Gasteiger charge is -2.29. The number of carbonyl (C=O) groups is 1. The molecule has 0 aliphatic carbocycles. The normalized spacial score (nSPS) is 23.9. The zero-order valence-electron chi connectivity index (χ0n) is 17.0. The third-order valence-electron chi connectivity index (χ3n) is 5.83. The Balaban J connectivity index is 1.46.